The molecule has 1 aromatic carbocycles. The Morgan fingerprint density at radius 3 is 1.90 bits per heavy atom. The molecule has 0 saturated carbocycles. The monoisotopic (exact) mass is 280 g/mol. The molecule has 0 N–H and O–H groups in total. The van der Waals surface area contributed by atoms with Gasteiger partial charge in [-0.3, -0.25) is 0 Å². The maximum Gasteiger partial charge on any atom is 0.119 e. The highest BCUT2D eigenvalue weighted by Gasteiger charge is 2.12. The Labute approximate surface area is 123 Å². The summed E-state index contributed by atoms with van der Waals surface area (Å²) in [7, 11) is 0. The first-order chi connectivity index (χ1) is 9.54. The largest absolute Gasteiger partial charge is 0.491 e. The molecule has 0 spiro atoms. The van der Waals surface area contributed by atoms with Crippen molar-refractivity contribution in [1.82, 2.24) is 0 Å². The van der Waals surface area contributed by atoms with Crippen LogP contribution in [0.3, 0.4) is 0 Å². The zero-order chi connectivity index (χ0) is 14.8. The van der Waals surface area contributed by atoms with E-state index in [4.69, 9.17) is 14.2 Å². The molecule has 0 aliphatic heterocycles. The summed E-state index contributed by atoms with van der Waals surface area (Å²) in [5.41, 5.74) is 1.49. The van der Waals surface area contributed by atoms with E-state index in [1.807, 2.05) is 12.1 Å². The summed E-state index contributed by atoms with van der Waals surface area (Å²) >= 11 is 0. The first-order valence-corrected chi connectivity index (χ1v) is 7.43. The van der Waals surface area contributed by atoms with Gasteiger partial charge in [-0.1, -0.05) is 39.8 Å². The highest BCUT2D eigenvalue weighted by molar-refractivity contribution is 5.31. The van der Waals surface area contributed by atoms with E-state index in [0.29, 0.717) is 26.4 Å². The second kappa shape index (κ2) is 8.98. The zero-order valence-electron chi connectivity index (χ0n) is 13.3. The molecular weight excluding hydrogens is 252 g/mol. The molecule has 1 rings (SSSR count). The van der Waals surface area contributed by atoms with Crippen LogP contribution < -0.4 is 4.74 Å². The van der Waals surface area contributed by atoms with Gasteiger partial charge in [-0.05, 0) is 29.5 Å². The van der Waals surface area contributed by atoms with Crippen LogP contribution in [0, 0.1) is 0 Å². The van der Waals surface area contributed by atoms with Gasteiger partial charge in [0, 0.05) is 6.61 Å². The van der Waals surface area contributed by atoms with Crippen LogP contribution in [0.1, 0.15) is 39.7 Å². The molecule has 20 heavy (non-hydrogen) atoms. The molecule has 3 nitrogen and oxygen atoms in total. The van der Waals surface area contributed by atoms with Crippen molar-refractivity contribution in [2.45, 2.75) is 39.5 Å². The lowest BCUT2D eigenvalue weighted by Gasteiger charge is -2.19. The minimum atomic E-state index is 0.181. The maximum atomic E-state index is 5.64. The van der Waals surface area contributed by atoms with E-state index in [-0.39, 0.29) is 5.41 Å². The van der Waals surface area contributed by atoms with Crippen LogP contribution in [0.25, 0.3) is 0 Å². The molecular formula is C17H28O3. The maximum absolute atomic E-state index is 5.64. The lowest BCUT2D eigenvalue weighted by Crippen LogP contribution is -2.12. The summed E-state index contributed by atoms with van der Waals surface area (Å²) in [5, 5.41) is 0. The van der Waals surface area contributed by atoms with E-state index in [1.54, 1.807) is 0 Å². The van der Waals surface area contributed by atoms with Gasteiger partial charge in [-0.25, -0.2) is 0 Å². The van der Waals surface area contributed by atoms with Crippen molar-refractivity contribution >= 4 is 0 Å². The van der Waals surface area contributed by atoms with Crippen molar-refractivity contribution in [3.63, 3.8) is 0 Å². The highest BCUT2D eigenvalue weighted by atomic mass is 16.5. The third kappa shape index (κ3) is 6.92. The van der Waals surface area contributed by atoms with Crippen LogP contribution in [0.2, 0.25) is 0 Å². The molecule has 3 heteroatoms. The normalized spacial score (nSPS) is 11.6. The molecule has 114 valence electrons. The van der Waals surface area contributed by atoms with Crippen molar-refractivity contribution in [3.05, 3.63) is 29.8 Å². The standard InChI is InChI=1S/C17H28O3/c1-5-10-18-11-12-19-13-14-20-16-8-6-15(7-9-16)17(2,3)4/h6-9H,5,10-14H2,1-4H3. The van der Waals surface area contributed by atoms with E-state index in [2.05, 4.69) is 39.8 Å². The number of benzene rings is 1. The number of hydrogen-bond acceptors (Lipinski definition) is 3. The van der Waals surface area contributed by atoms with Crippen LogP contribution in [-0.4, -0.2) is 33.0 Å². The molecule has 0 aliphatic rings. The van der Waals surface area contributed by atoms with E-state index >= 15 is 0 Å². The molecule has 0 saturated heterocycles. The molecule has 0 radical (unpaired) electrons. The van der Waals surface area contributed by atoms with Gasteiger partial charge >= 0.3 is 0 Å². The molecule has 1 aromatic rings. The molecule has 0 aliphatic carbocycles. The van der Waals surface area contributed by atoms with Gasteiger partial charge in [-0.15, -0.1) is 0 Å². The first kappa shape index (κ1) is 17.0. The van der Waals surface area contributed by atoms with Gasteiger partial charge in [-0.2, -0.15) is 0 Å². The Morgan fingerprint density at radius 2 is 1.35 bits per heavy atom. The Hall–Kier alpha value is -1.06. The second-order valence-corrected chi connectivity index (χ2v) is 5.85. The number of hydrogen-bond donors (Lipinski definition) is 0. The number of rotatable bonds is 9. The zero-order valence-corrected chi connectivity index (χ0v) is 13.3. The van der Waals surface area contributed by atoms with Crippen LogP contribution in [0.15, 0.2) is 24.3 Å². The molecule has 0 bridgehead atoms. The SMILES string of the molecule is CCCOCCOCCOc1ccc(C(C)(C)C)cc1. The van der Waals surface area contributed by atoms with Crippen LogP contribution in [0.5, 0.6) is 5.75 Å². The smallest absolute Gasteiger partial charge is 0.119 e. The fourth-order valence-corrected chi connectivity index (χ4v) is 1.74. The van der Waals surface area contributed by atoms with Gasteiger partial charge in [0.2, 0.25) is 0 Å². The summed E-state index contributed by atoms with van der Waals surface area (Å²) < 4.78 is 16.4. The topological polar surface area (TPSA) is 27.7 Å². The van der Waals surface area contributed by atoms with Crippen molar-refractivity contribution < 1.29 is 14.2 Å². The number of ether oxygens (including phenoxy) is 3. The van der Waals surface area contributed by atoms with Gasteiger partial charge in [0.25, 0.3) is 0 Å². The van der Waals surface area contributed by atoms with Crippen LogP contribution in [0.4, 0.5) is 0 Å². The average Bonchev–Trinajstić information content (AvgIpc) is 2.41. The first-order valence-electron chi connectivity index (χ1n) is 7.43. The Kier molecular flexibility index (Phi) is 7.63. The lowest BCUT2D eigenvalue weighted by atomic mass is 9.87. The van der Waals surface area contributed by atoms with E-state index in [1.165, 1.54) is 5.56 Å². The Bertz CT molecular complexity index is 351. The molecule has 0 unspecified atom stereocenters. The molecule has 0 atom stereocenters. The molecule has 0 aromatic heterocycles. The summed E-state index contributed by atoms with van der Waals surface area (Å²) in [6.45, 7) is 12.0. The third-order valence-electron chi connectivity index (χ3n) is 2.94. The predicted octanol–water partition coefficient (Wildman–Crippen LogP) is 3.81. The van der Waals surface area contributed by atoms with Crippen LogP contribution >= 0.6 is 0 Å². The third-order valence-corrected chi connectivity index (χ3v) is 2.94. The van der Waals surface area contributed by atoms with E-state index < -0.39 is 0 Å². The highest BCUT2D eigenvalue weighted by Crippen LogP contribution is 2.24. The summed E-state index contributed by atoms with van der Waals surface area (Å²) in [4.78, 5) is 0. The summed E-state index contributed by atoms with van der Waals surface area (Å²) in [5.74, 6) is 0.892. The van der Waals surface area contributed by atoms with E-state index in [0.717, 1.165) is 18.8 Å². The average molecular weight is 280 g/mol. The fourth-order valence-electron chi connectivity index (χ4n) is 1.74. The molecule has 0 amide bonds. The van der Waals surface area contributed by atoms with Crippen molar-refractivity contribution in [1.29, 1.82) is 0 Å². The van der Waals surface area contributed by atoms with Gasteiger partial charge in [0.05, 0.1) is 19.8 Å². The molecule has 0 heterocycles. The lowest BCUT2D eigenvalue weighted by molar-refractivity contribution is 0.0366. The molecule has 0 fully saturated rings. The van der Waals surface area contributed by atoms with Crippen molar-refractivity contribution in [3.8, 4) is 5.75 Å². The minimum absolute atomic E-state index is 0.181. The van der Waals surface area contributed by atoms with Gasteiger partial charge < -0.3 is 14.2 Å². The minimum Gasteiger partial charge on any atom is -0.491 e. The fraction of sp³-hybridized carbons (Fsp3) is 0.647. The Morgan fingerprint density at radius 1 is 0.800 bits per heavy atom. The summed E-state index contributed by atoms with van der Waals surface area (Å²) in [6, 6.07) is 8.28. The van der Waals surface area contributed by atoms with Gasteiger partial charge in [0.1, 0.15) is 12.4 Å². The van der Waals surface area contributed by atoms with Crippen molar-refractivity contribution in [2.24, 2.45) is 0 Å². The van der Waals surface area contributed by atoms with Crippen molar-refractivity contribution in [2.75, 3.05) is 33.0 Å². The van der Waals surface area contributed by atoms with Crippen LogP contribution in [-0.2, 0) is 14.9 Å². The predicted molar refractivity (Wildman–Crippen MR) is 82.6 cm³/mol. The quantitative estimate of drug-likeness (QED) is 0.644. The summed E-state index contributed by atoms with van der Waals surface area (Å²) in [6.07, 6.45) is 1.05. The second-order valence-electron chi connectivity index (χ2n) is 5.85. The van der Waals surface area contributed by atoms with Gasteiger partial charge in [0.15, 0.2) is 0 Å². The Balaban J connectivity index is 2.13. The van der Waals surface area contributed by atoms with E-state index in [9.17, 15) is 0 Å².